The number of piperazine rings is 1. The van der Waals surface area contributed by atoms with E-state index in [1.807, 2.05) is 29.2 Å². The molecule has 2 amide bonds. The van der Waals surface area contributed by atoms with Crippen LogP contribution in [0.25, 0.3) is 0 Å². The standard InChI is InChI=1S/C18H22ClN3OS2/c19-17-7-6-16(25-17)14-21-9-11-22(12-10-21)18(23)20-8-13-24-15-4-2-1-3-5-15/h1-7H,8-14H2,(H,20,23). The Morgan fingerprint density at radius 2 is 1.88 bits per heavy atom. The average Bonchev–Trinajstić information content (AvgIpc) is 3.05. The highest BCUT2D eigenvalue weighted by atomic mass is 35.5. The number of urea groups is 1. The highest BCUT2D eigenvalue weighted by Gasteiger charge is 2.21. The highest BCUT2D eigenvalue weighted by Crippen LogP contribution is 2.23. The van der Waals surface area contributed by atoms with Crippen molar-refractivity contribution in [3.05, 3.63) is 51.7 Å². The van der Waals surface area contributed by atoms with Crippen LogP contribution in [0.2, 0.25) is 4.34 Å². The van der Waals surface area contributed by atoms with Crippen molar-refractivity contribution in [1.82, 2.24) is 15.1 Å². The van der Waals surface area contributed by atoms with Gasteiger partial charge >= 0.3 is 6.03 Å². The van der Waals surface area contributed by atoms with Gasteiger partial charge in [-0.3, -0.25) is 4.90 Å². The van der Waals surface area contributed by atoms with Crippen LogP contribution in [0.15, 0.2) is 47.4 Å². The van der Waals surface area contributed by atoms with Crippen molar-refractivity contribution in [2.45, 2.75) is 11.4 Å². The summed E-state index contributed by atoms with van der Waals surface area (Å²) in [6, 6.07) is 14.3. The third kappa shape index (κ3) is 5.92. The summed E-state index contributed by atoms with van der Waals surface area (Å²) in [6.07, 6.45) is 0. The van der Waals surface area contributed by atoms with E-state index in [0.29, 0.717) is 6.54 Å². The lowest BCUT2D eigenvalue weighted by atomic mass is 10.3. The summed E-state index contributed by atoms with van der Waals surface area (Å²) in [5, 5.41) is 3.02. The number of nitrogens with zero attached hydrogens (tertiary/aromatic N) is 2. The second kappa shape index (κ2) is 9.48. The van der Waals surface area contributed by atoms with Gasteiger partial charge in [0.25, 0.3) is 0 Å². The Hall–Kier alpha value is -1.21. The zero-order valence-electron chi connectivity index (χ0n) is 14.0. The molecule has 1 aromatic heterocycles. The molecule has 0 spiro atoms. The number of benzene rings is 1. The Kier molecular flexibility index (Phi) is 7.04. The number of thioether (sulfide) groups is 1. The van der Waals surface area contributed by atoms with E-state index < -0.39 is 0 Å². The summed E-state index contributed by atoms with van der Waals surface area (Å²) in [5.41, 5.74) is 0. The van der Waals surface area contributed by atoms with E-state index >= 15 is 0 Å². The number of rotatable bonds is 6. The van der Waals surface area contributed by atoms with Gasteiger partial charge in [-0.1, -0.05) is 29.8 Å². The first-order chi connectivity index (χ1) is 12.2. The normalized spacial score (nSPS) is 15.3. The van der Waals surface area contributed by atoms with Gasteiger partial charge in [0.2, 0.25) is 0 Å². The largest absolute Gasteiger partial charge is 0.337 e. The number of carbonyl (C=O) groups is 1. The molecule has 2 aromatic rings. The van der Waals surface area contributed by atoms with E-state index in [0.717, 1.165) is 42.8 Å². The molecule has 1 aromatic carbocycles. The third-order valence-electron chi connectivity index (χ3n) is 4.06. The van der Waals surface area contributed by atoms with Gasteiger partial charge in [-0.15, -0.1) is 23.1 Å². The topological polar surface area (TPSA) is 35.6 Å². The minimum Gasteiger partial charge on any atom is -0.337 e. The van der Waals surface area contributed by atoms with Gasteiger partial charge in [0, 0.05) is 54.8 Å². The summed E-state index contributed by atoms with van der Waals surface area (Å²) >= 11 is 9.37. The lowest BCUT2D eigenvalue weighted by molar-refractivity contribution is 0.136. The maximum Gasteiger partial charge on any atom is 0.317 e. The predicted molar refractivity (Wildman–Crippen MR) is 107 cm³/mol. The molecule has 3 rings (SSSR count). The van der Waals surface area contributed by atoms with Gasteiger partial charge in [-0.05, 0) is 24.3 Å². The Morgan fingerprint density at radius 3 is 2.56 bits per heavy atom. The van der Waals surface area contributed by atoms with E-state index in [4.69, 9.17) is 11.6 Å². The summed E-state index contributed by atoms with van der Waals surface area (Å²) in [4.78, 5) is 19.0. The fraction of sp³-hybridized carbons (Fsp3) is 0.389. The van der Waals surface area contributed by atoms with Gasteiger partial charge in [-0.2, -0.15) is 0 Å². The van der Waals surface area contributed by atoms with Gasteiger partial charge in [-0.25, -0.2) is 4.79 Å². The molecular formula is C18H22ClN3OS2. The molecule has 0 unspecified atom stereocenters. The predicted octanol–water partition coefficient (Wildman–Crippen LogP) is 4.02. The molecule has 0 saturated carbocycles. The molecule has 1 N–H and O–H groups in total. The molecule has 134 valence electrons. The summed E-state index contributed by atoms with van der Waals surface area (Å²) in [7, 11) is 0. The second-order valence-corrected chi connectivity index (χ2v) is 8.83. The summed E-state index contributed by atoms with van der Waals surface area (Å²) < 4.78 is 0.835. The van der Waals surface area contributed by atoms with Gasteiger partial charge < -0.3 is 10.2 Å². The minimum atomic E-state index is 0.0486. The first kappa shape index (κ1) is 18.6. The fourth-order valence-electron chi connectivity index (χ4n) is 2.72. The molecular weight excluding hydrogens is 374 g/mol. The lowest BCUT2D eigenvalue weighted by Gasteiger charge is -2.34. The molecule has 1 fully saturated rings. The van der Waals surface area contributed by atoms with Crippen LogP contribution >= 0.6 is 34.7 Å². The molecule has 25 heavy (non-hydrogen) atoms. The molecule has 0 atom stereocenters. The second-order valence-electron chi connectivity index (χ2n) is 5.86. The monoisotopic (exact) mass is 395 g/mol. The van der Waals surface area contributed by atoms with Gasteiger partial charge in [0.15, 0.2) is 0 Å². The van der Waals surface area contributed by atoms with Crippen LogP contribution in [0.4, 0.5) is 4.79 Å². The molecule has 1 saturated heterocycles. The van der Waals surface area contributed by atoms with E-state index in [1.54, 1.807) is 23.1 Å². The molecule has 0 radical (unpaired) electrons. The van der Waals surface area contributed by atoms with Crippen LogP contribution in [-0.4, -0.2) is 54.3 Å². The molecule has 7 heteroatoms. The molecule has 4 nitrogen and oxygen atoms in total. The number of halogens is 1. The highest BCUT2D eigenvalue weighted by molar-refractivity contribution is 7.99. The first-order valence-electron chi connectivity index (χ1n) is 8.38. The maximum absolute atomic E-state index is 12.2. The average molecular weight is 396 g/mol. The van der Waals surface area contributed by atoms with Crippen molar-refractivity contribution in [2.75, 3.05) is 38.5 Å². The third-order valence-corrected chi connectivity index (χ3v) is 6.29. The number of carbonyl (C=O) groups excluding carboxylic acids is 1. The Bertz CT molecular complexity index is 672. The zero-order chi connectivity index (χ0) is 17.5. The van der Waals surface area contributed by atoms with Crippen LogP contribution < -0.4 is 5.32 Å². The molecule has 1 aliphatic heterocycles. The fourth-order valence-corrected chi connectivity index (χ4v) is 4.64. The Balaban J connectivity index is 1.32. The van der Waals surface area contributed by atoms with Gasteiger partial charge in [0.05, 0.1) is 4.34 Å². The molecule has 0 aliphatic carbocycles. The number of thiophene rings is 1. The van der Waals surface area contributed by atoms with E-state index in [9.17, 15) is 4.79 Å². The van der Waals surface area contributed by atoms with E-state index in [2.05, 4.69) is 28.4 Å². The SMILES string of the molecule is O=C(NCCSc1ccccc1)N1CCN(Cc2ccc(Cl)s2)CC1. The van der Waals surface area contributed by atoms with Crippen molar-refractivity contribution < 1.29 is 4.79 Å². The van der Waals surface area contributed by atoms with Crippen LogP contribution in [0, 0.1) is 0 Å². The lowest BCUT2D eigenvalue weighted by Crippen LogP contribution is -2.51. The summed E-state index contributed by atoms with van der Waals surface area (Å²) in [5.74, 6) is 0.884. The first-order valence-corrected chi connectivity index (χ1v) is 10.6. The Labute approximate surface area is 162 Å². The van der Waals surface area contributed by atoms with Crippen molar-refractivity contribution in [3.63, 3.8) is 0 Å². The quantitative estimate of drug-likeness (QED) is 0.592. The van der Waals surface area contributed by atoms with Gasteiger partial charge in [0.1, 0.15) is 0 Å². The van der Waals surface area contributed by atoms with Crippen molar-refractivity contribution in [3.8, 4) is 0 Å². The zero-order valence-corrected chi connectivity index (χ0v) is 16.4. The van der Waals surface area contributed by atoms with Crippen LogP contribution in [0.1, 0.15) is 4.88 Å². The number of nitrogens with one attached hydrogen (secondary N) is 1. The number of amides is 2. The minimum absolute atomic E-state index is 0.0486. The number of hydrogen-bond donors (Lipinski definition) is 1. The summed E-state index contributed by atoms with van der Waals surface area (Å²) in [6.45, 7) is 4.96. The van der Waals surface area contributed by atoms with Crippen molar-refractivity contribution in [1.29, 1.82) is 0 Å². The molecule has 2 heterocycles. The van der Waals surface area contributed by atoms with E-state index in [1.165, 1.54) is 9.77 Å². The van der Waals surface area contributed by atoms with Crippen LogP contribution in [0.5, 0.6) is 0 Å². The smallest absolute Gasteiger partial charge is 0.317 e. The van der Waals surface area contributed by atoms with Crippen molar-refractivity contribution in [2.24, 2.45) is 0 Å². The molecule has 1 aliphatic rings. The number of hydrogen-bond acceptors (Lipinski definition) is 4. The van der Waals surface area contributed by atoms with E-state index in [-0.39, 0.29) is 6.03 Å². The van der Waals surface area contributed by atoms with Crippen LogP contribution in [0.3, 0.4) is 0 Å². The Morgan fingerprint density at radius 1 is 1.12 bits per heavy atom. The van der Waals surface area contributed by atoms with Crippen LogP contribution in [-0.2, 0) is 6.54 Å². The maximum atomic E-state index is 12.2. The molecule has 0 bridgehead atoms. The van der Waals surface area contributed by atoms with Crippen molar-refractivity contribution >= 4 is 40.7 Å².